The molecule has 3 heteroatoms. The molecule has 0 saturated carbocycles. The molecule has 0 spiro atoms. The lowest BCUT2D eigenvalue weighted by Gasteiger charge is -2.29. The second-order valence-corrected chi connectivity index (χ2v) is 4.73. The third-order valence-corrected chi connectivity index (χ3v) is 3.84. The van der Waals surface area contributed by atoms with Crippen molar-refractivity contribution in [3.05, 3.63) is 0 Å². The van der Waals surface area contributed by atoms with Crippen molar-refractivity contribution in [2.75, 3.05) is 12.9 Å². The van der Waals surface area contributed by atoms with Gasteiger partial charge in [0.25, 0.3) is 0 Å². The highest BCUT2D eigenvalue weighted by Crippen LogP contribution is 2.29. The molecule has 1 saturated heterocycles. The van der Waals surface area contributed by atoms with E-state index in [1.54, 1.807) is 7.11 Å². The molecule has 0 aliphatic carbocycles. The summed E-state index contributed by atoms with van der Waals surface area (Å²) in [5.41, 5.74) is -0.0462. The van der Waals surface area contributed by atoms with Gasteiger partial charge in [-0.2, -0.15) is 0 Å². The lowest BCUT2D eigenvalue weighted by Crippen LogP contribution is -2.44. The SMILES string of the molecule is COC(C)(C)C1NC(C)CS1. The third kappa shape index (κ3) is 2.10. The lowest BCUT2D eigenvalue weighted by atomic mass is 10.1. The molecule has 2 unspecified atom stereocenters. The summed E-state index contributed by atoms with van der Waals surface area (Å²) in [6, 6.07) is 0.624. The molecule has 0 bridgehead atoms. The molecule has 0 amide bonds. The van der Waals surface area contributed by atoms with Crippen LogP contribution in [0.15, 0.2) is 0 Å². The first-order valence-corrected chi connectivity index (χ1v) is 5.04. The summed E-state index contributed by atoms with van der Waals surface area (Å²) in [5.74, 6) is 1.19. The highest BCUT2D eigenvalue weighted by Gasteiger charge is 2.34. The van der Waals surface area contributed by atoms with Gasteiger partial charge in [-0.3, -0.25) is 5.32 Å². The van der Waals surface area contributed by atoms with Gasteiger partial charge in [-0.25, -0.2) is 0 Å². The molecule has 0 aromatic carbocycles. The van der Waals surface area contributed by atoms with Crippen LogP contribution < -0.4 is 5.32 Å². The summed E-state index contributed by atoms with van der Waals surface area (Å²) in [5, 5.41) is 3.93. The topological polar surface area (TPSA) is 21.3 Å². The van der Waals surface area contributed by atoms with Gasteiger partial charge < -0.3 is 4.74 Å². The van der Waals surface area contributed by atoms with E-state index in [0.29, 0.717) is 11.4 Å². The zero-order valence-corrected chi connectivity index (χ0v) is 8.49. The maximum absolute atomic E-state index is 5.39. The fraction of sp³-hybridized carbons (Fsp3) is 1.00. The zero-order valence-electron chi connectivity index (χ0n) is 7.68. The molecule has 0 aromatic heterocycles. The maximum Gasteiger partial charge on any atom is 0.0868 e. The molecule has 2 atom stereocenters. The van der Waals surface area contributed by atoms with Crippen LogP contribution in [0.4, 0.5) is 0 Å². The Morgan fingerprint density at radius 1 is 1.55 bits per heavy atom. The van der Waals surface area contributed by atoms with E-state index in [4.69, 9.17) is 4.74 Å². The number of nitrogens with one attached hydrogen (secondary N) is 1. The standard InChI is InChI=1S/C8H17NOS/c1-6-5-11-7(9-6)8(2,3)10-4/h6-7,9H,5H2,1-4H3. The van der Waals surface area contributed by atoms with Crippen LogP contribution in [0, 0.1) is 0 Å². The van der Waals surface area contributed by atoms with E-state index in [1.165, 1.54) is 5.75 Å². The second kappa shape index (κ2) is 3.33. The van der Waals surface area contributed by atoms with E-state index in [2.05, 4.69) is 26.1 Å². The molecule has 66 valence electrons. The molecule has 1 aliphatic rings. The Bertz CT molecular complexity index is 138. The van der Waals surface area contributed by atoms with Gasteiger partial charge in [0.05, 0.1) is 11.0 Å². The number of hydrogen-bond acceptors (Lipinski definition) is 3. The maximum atomic E-state index is 5.39. The summed E-state index contributed by atoms with van der Waals surface area (Å²) in [6.45, 7) is 6.45. The highest BCUT2D eigenvalue weighted by atomic mass is 32.2. The minimum atomic E-state index is -0.0462. The second-order valence-electron chi connectivity index (χ2n) is 3.59. The van der Waals surface area contributed by atoms with Crippen molar-refractivity contribution < 1.29 is 4.74 Å². The molecule has 0 radical (unpaired) electrons. The fourth-order valence-electron chi connectivity index (χ4n) is 1.10. The number of ether oxygens (including phenoxy) is 1. The van der Waals surface area contributed by atoms with Crippen molar-refractivity contribution in [2.24, 2.45) is 0 Å². The first-order valence-electron chi connectivity index (χ1n) is 3.99. The molecule has 1 fully saturated rings. The summed E-state index contributed by atoms with van der Waals surface area (Å²) in [4.78, 5) is 0. The van der Waals surface area contributed by atoms with Crippen molar-refractivity contribution in [2.45, 2.75) is 37.8 Å². The predicted octanol–water partition coefficient (Wildman–Crippen LogP) is 1.46. The van der Waals surface area contributed by atoms with E-state index in [-0.39, 0.29) is 5.60 Å². The van der Waals surface area contributed by atoms with Crippen LogP contribution in [0.2, 0.25) is 0 Å². The lowest BCUT2D eigenvalue weighted by molar-refractivity contribution is 0.0142. The minimum absolute atomic E-state index is 0.0462. The van der Waals surface area contributed by atoms with E-state index >= 15 is 0 Å². The van der Waals surface area contributed by atoms with Gasteiger partial charge >= 0.3 is 0 Å². The Morgan fingerprint density at radius 2 is 2.18 bits per heavy atom. The Labute approximate surface area is 73.1 Å². The zero-order chi connectivity index (χ0) is 8.48. The highest BCUT2D eigenvalue weighted by molar-refractivity contribution is 8.00. The third-order valence-electron chi connectivity index (χ3n) is 2.11. The Hall–Kier alpha value is 0.270. The van der Waals surface area contributed by atoms with Gasteiger partial charge in [0, 0.05) is 18.9 Å². The van der Waals surface area contributed by atoms with Crippen molar-refractivity contribution in [3.8, 4) is 0 Å². The van der Waals surface area contributed by atoms with Crippen molar-refractivity contribution >= 4 is 11.8 Å². The molecule has 0 aromatic rings. The van der Waals surface area contributed by atoms with Crippen LogP contribution >= 0.6 is 11.8 Å². The van der Waals surface area contributed by atoms with Crippen molar-refractivity contribution in [1.82, 2.24) is 5.32 Å². The molecule has 1 heterocycles. The number of rotatable bonds is 2. The van der Waals surface area contributed by atoms with Crippen molar-refractivity contribution in [1.29, 1.82) is 0 Å². The molecule has 1 aliphatic heterocycles. The molecule has 11 heavy (non-hydrogen) atoms. The number of hydrogen-bond donors (Lipinski definition) is 1. The minimum Gasteiger partial charge on any atom is -0.376 e. The first-order chi connectivity index (χ1) is 5.06. The fourth-order valence-corrected chi connectivity index (χ4v) is 2.51. The first kappa shape index (κ1) is 9.36. The summed E-state index contributed by atoms with van der Waals surface area (Å²) in [7, 11) is 1.77. The van der Waals surface area contributed by atoms with Gasteiger partial charge in [0.2, 0.25) is 0 Å². The van der Waals surface area contributed by atoms with Crippen LogP contribution in [-0.2, 0) is 4.74 Å². The monoisotopic (exact) mass is 175 g/mol. The van der Waals surface area contributed by atoms with Gasteiger partial charge in [0.15, 0.2) is 0 Å². The van der Waals surface area contributed by atoms with Gasteiger partial charge in [0.1, 0.15) is 0 Å². The quantitative estimate of drug-likeness (QED) is 0.686. The summed E-state index contributed by atoms with van der Waals surface area (Å²) < 4.78 is 5.39. The van der Waals surface area contributed by atoms with Crippen molar-refractivity contribution in [3.63, 3.8) is 0 Å². The Morgan fingerprint density at radius 3 is 2.55 bits per heavy atom. The van der Waals surface area contributed by atoms with Gasteiger partial charge in [-0.1, -0.05) is 0 Å². The van der Waals surface area contributed by atoms with Crippen LogP contribution in [0.25, 0.3) is 0 Å². The largest absolute Gasteiger partial charge is 0.376 e. The van der Waals surface area contributed by atoms with Crippen LogP contribution in [0.1, 0.15) is 20.8 Å². The molecule has 1 rings (SSSR count). The summed E-state index contributed by atoms with van der Waals surface area (Å²) >= 11 is 1.95. The normalized spacial score (nSPS) is 32.7. The van der Waals surface area contributed by atoms with E-state index in [0.717, 1.165) is 0 Å². The van der Waals surface area contributed by atoms with Gasteiger partial charge in [-0.05, 0) is 20.8 Å². The average Bonchev–Trinajstić information content (AvgIpc) is 2.36. The Kier molecular flexibility index (Phi) is 2.84. The number of thioether (sulfide) groups is 1. The average molecular weight is 175 g/mol. The van der Waals surface area contributed by atoms with E-state index < -0.39 is 0 Å². The molecular formula is C8H17NOS. The smallest absolute Gasteiger partial charge is 0.0868 e. The van der Waals surface area contributed by atoms with Crippen LogP contribution in [0.5, 0.6) is 0 Å². The van der Waals surface area contributed by atoms with E-state index in [1.807, 2.05) is 11.8 Å². The summed E-state index contributed by atoms with van der Waals surface area (Å²) in [6.07, 6.45) is 0. The van der Waals surface area contributed by atoms with Gasteiger partial charge in [-0.15, -0.1) is 11.8 Å². The number of methoxy groups -OCH3 is 1. The Balaban J connectivity index is 2.48. The molecule has 2 nitrogen and oxygen atoms in total. The van der Waals surface area contributed by atoms with E-state index in [9.17, 15) is 0 Å². The van der Waals surface area contributed by atoms with Crippen LogP contribution in [-0.4, -0.2) is 29.9 Å². The predicted molar refractivity (Wildman–Crippen MR) is 49.9 cm³/mol. The molecular weight excluding hydrogens is 158 g/mol. The molecule has 1 N–H and O–H groups in total. The van der Waals surface area contributed by atoms with Crippen LogP contribution in [0.3, 0.4) is 0 Å².